The summed E-state index contributed by atoms with van der Waals surface area (Å²) in [4.78, 5) is 24.9. The van der Waals surface area contributed by atoms with Crippen molar-refractivity contribution in [3.63, 3.8) is 0 Å². The number of carbonyl (C=O) groups is 2. The van der Waals surface area contributed by atoms with Gasteiger partial charge in [-0.2, -0.15) is 17.0 Å². The molecule has 0 aliphatic carbocycles. The van der Waals surface area contributed by atoms with Gasteiger partial charge in [0.2, 0.25) is 5.91 Å². The van der Waals surface area contributed by atoms with Crippen LogP contribution in [0.4, 0.5) is 5.69 Å². The fourth-order valence-corrected chi connectivity index (χ4v) is 3.06. The zero-order valence-electron chi connectivity index (χ0n) is 15.0. The fourth-order valence-electron chi connectivity index (χ4n) is 2.43. The van der Waals surface area contributed by atoms with Gasteiger partial charge in [0.05, 0.1) is 6.07 Å². The summed E-state index contributed by atoms with van der Waals surface area (Å²) in [5.74, 6) is -0.550. The minimum atomic E-state index is -1.36. The van der Waals surface area contributed by atoms with Crippen molar-refractivity contribution in [2.45, 2.75) is 26.0 Å². The molecule has 1 amide bonds. The lowest BCUT2D eigenvalue weighted by Crippen LogP contribution is -2.28. The second-order valence-corrected chi connectivity index (χ2v) is 7.07. The highest BCUT2D eigenvalue weighted by Crippen LogP contribution is 2.17. The molecule has 0 saturated heterocycles. The normalized spacial score (nSPS) is 11.4. The number of aryl methyl sites for hydroxylation is 1. The molecule has 0 fully saturated rings. The predicted molar refractivity (Wildman–Crippen MR) is 106 cm³/mol. The molecule has 2 aromatic rings. The first kappa shape index (κ1) is 19.7. The Morgan fingerprint density at radius 3 is 2.19 bits per heavy atom. The number of Topliss-reactive ketones (excluding diaryl/α,β-unsaturated/α-hetero) is 1. The quantitative estimate of drug-likeness (QED) is 0.553. The minimum absolute atomic E-state index is 0.373. The number of hydrogen-bond donors (Lipinski definition) is 1. The Balaban J connectivity index is 2.07. The van der Waals surface area contributed by atoms with E-state index >= 15 is 0 Å². The van der Waals surface area contributed by atoms with Crippen molar-refractivity contribution >= 4 is 29.1 Å². The van der Waals surface area contributed by atoms with E-state index in [2.05, 4.69) is 12.2 Å². The smallest absolute Gasteiger partial charge is 0.249 e. The van der Waals surface area contributed by atoms with Crippen LogP contribution in [0.3, 0.4) is 0 Å². The number of benzene rings is 2. The van der Waals surface area contributed by atoms with Crippen molar-refractivity contribution in [1.82, 2.24) is 0 Å². The first-order valence-electron chi connectivity index (χ1n) is 8.59. The van der Waals surface area contributed by atoms with Crippen LogP contribution in [0, 0.1) is 17.2 Å². The summed E-state index contributed by atoms with van der Waals surface area (Å²) in [6.45, 7) is 4.14. The molecule has 2 aromatic carbocycles. The Kier molecular flexibility index (Phi) is 7.43. The maximum absolute atomic E-state index is 12.5. The average Bonchev–Trinajstić information content (AvgIpc) is 2.67. The summed E-state index contributed by atoms with van der Waals surface area (Å²) in [7, 11) is 0. The molecule has 0 saturated carbocycles. The highest BCUT2D eigenvalue weighted by atomic mass is 32.2. The topological polar surface area (TPSA) is 70.0 Å². The van der Waals surface area contributed by atoms with Gasteiger partial charge in [-0.1, -0.05) is 50.2 Å². The van der Waals surface area contributed by atoms with E-state index in [0.29, 0.717) is 11.3 Å². The van der Waals surface area contributed by atoms with Gasteiger partial charge in [-0.15, -0.1) is 0 Å². The number of thioether (sulfide) groups is 1. The molecule has 0 radical (unpaired) electrons. The van der Waals surface area contributed by atoms with Crippen LogP contribution in [0.1, 0.15) is 35.3 Å². The molecule has 0 bridgehead atoms. The van der Waals surface area contributed by atoms with E-state index in [1.807, 2.05) is 37.3 Å². The van der Waals surface area contributed by atoms with E-state index in [9.17, 15) is 14.9 Å². The van der Waals surface area contributed by atoms with Crippen LogP contribution >= 0.6 is 11.8 Å². The lowest BCUT2D eigenvalue weighted by atomic mass is 9.97. The lowest BCUT2D eigenvalue weighted by Gasteiger charge is -2.10. The summed E-state index contributed by atoms with van der Waals surface area (Å²) in [6.07, 6.45) is 0.903. The largest absolute Gasteiger partial charge is 0.325 e. The Morgan fingerprint density at radius 1 is 1.04 bits per heavy atom. The molecule has 2 rings (SSSR count). The van der Waals surface area contributed by atoms with E-state index < -0.39 is 17.6 Å². The molecular weight excluding hydrogens is 344 g/mol. The molecule has 0 spiro atoms. The fraction of sp³-hybridized carbons (Fsp3) is 0.286. The van der Waals surface area contributed by atoms with Crippen LogP contribution in [0.5, 0.6) is 0 Å². The van der Waals surface area contributed by atoms with Crippen LogP contribution in [-0.4, -0.2) is 17.4 Å². The third-order valence-corrected chi connectivity index (χ3v) is 4.94. The molecule has 1 N–H and O–H groups in total. The highest BCUT2D eigenvalue weighted by Gasteiger charge is 2.27. The zero-order chi connectivity index (χ0) is 18.9. The van der Waals surface area contributed by atoms with Crippen molar-refractivity contribution in [3.8, 4) is 6.07 Å². The van der Waals surface area contributed by atoms with Gasteiger partial charge >= 0.3 is 0 Å². The first-order chi connectivity index (χ1) is 12.6. The third-order valence-electron chi connectivity index (χ3n) is 3.99. The number of hydrogen-bond acceptors (Lipinski definition) is 4. The van der Waals surface area contributed by atoms with E-state index in [1.54, 1.807) is 36.0 Å². The molecule has 0 aliphatic rings. The molecule has 5 heteroatoms. The molecule has 1 atom stereocenters. The number of nitriles is 1. The minimum Gasteiger partial charge on any atom is -0.325 e. The van der Waals surface area contributed by atoms with Crippen LogP contribution < -0.4 is 5.32 Å². The van der Waals surface area contributed by atoms with Crippen LogP contribution in [-0.2, 0) is 17.0 Å². The molecule has 0 aliphatic heterocycles. The predicted octanol–water partition coefficient (Wildman–Crippen LogP) is 4.46. The van der Waals surface area contributed by atoms with E-state index in [-0.39, 0.29) is 0 Å². The van der Waals surface area contributed by atoms with Gasteiger partial charge in [0.15, 0.2) is 11.7 Å². The van der Waals surface area contributed by atoms with Crippen LogP contribution in [0.15, 0.2) is 48.5 Å². The van der Waals surface area contributed by atoms with Crippen molar-refractivity contribution in [2.24, 2.45) is 5.92 Å². The van der Waals surface area contributed by atoms with Gasteiger partial charge in [0.1, 0.15) is 0 Å². The second-order valence-electron chi connectivity index (χ2n) is 5.80. The number of carbonyl (C=O) groups excluding carboxylic acids is 2. The summed E-state index contributed by atoms with van der Waals surface area (Å²) >= 11 is 1.79. The monoisotopic (exact) mass is 366 g/mol. The van der Waals surface area contributed by atoms with Gasteiger partial charge in [-0.25, -0.2) is 0 Å². The van der Waals surface area contributed by atoms with Gasteiger partial charge in [0.25, 0.3) is 0 Å². The second kappa shape index (κ2) is 9.79. The molecular formula is C21H22N2O2S. The Hall–Kier alpha value is -2.58. The van der Waals surface area contributed by atoms with Gasteiger partial charge in [-0.05, 0) is 35.4 Å². The number of rotatable bonds is 8. The lowest BCUT2D eigenvalue weighted by molar-refractivity contribution is -0.117. The van der Waals surface area contributed by atoms with Crippen molar-refractivity contribution in [2.75, 3.05) is 11.1 Å². The molecule has 0 heterocycles. The molecule has 0 aromatic heterocycles. The zero-order valence-corrected chi connectivity index (χ0v) is 15.8. The van der Waals surface area contributed by atoms with Gasteiger partial charge < -0.3 is 5.32 Å². The first-order valence-corrected chi connectivity index (χ1v) is 9.74. The summed E-state index contributed by atoms with van der Waals surface area (Å²) in [5.41, 5.74) is 3.21. The van der Waals surface area contributed by atoms with Crippen molar-refractivity contribution in [3.05, 3.63) is 65.2 Å². The van der Waals surface area contributed by atoms with Crippen LogP contribution in [0.2, 0.25) is 0 Å². The SMILES string of the molecule is CCSCc1ccc(C(=O)C(C#N)C(=O)Nc2ccc(CC)cc2)cc1. The van der Waals surface area contributed by atoms with E-state index in [1.165, 1.54) is 0 Å². The maximum atomic E-state index is 12.5. The number of nitrogens with one attached hydrogen (secondary N) is 1. The standard InChI is InChI=1S/C21H22N2O2S/c1-3-15-7-11-18(12-8-15)23-21(25)19(13-22)20(24)17-9-5-16(6-10-17)14-26-4-2/h5-12,19H,3-4,14H2,1-2H3,(H,23,25). The summed E-state index contributed by atoms with van der Waals surface area (Å²) in [6, 6.07) is 16.3. The Labute approximate surface area is 158 Å². The molecule has 1 unspecified atom stereocenters. The maximum Gasteiger partial charge on any atom is 0.249 e. The van der Waals surface area contributed by atoms with Crippen LogP contribution in [0.25, 0.3) is 0 Å². The molecule has 26 heavy (non-hydrogen) atoms. The van der Waals surface area contributed by atoms with E-state index in [0.717, 1.165) is 29.1 Å². The van der Waals surface area contributed by atoms with Crippen molar-refractivity contribution < 1.29 is 9.59 Å². The summed E-state index contributed by atoms with van der Waals surface area (Å²) < 4.78 is 0. The Bertz CT molecular complexity index is 792. The third kappa shape index (κ3) is 5.21. The molecule has 4 nitrogen and oxygen atoms in total. The highest BCUT2D eigenvalue weighted by molar-refractivity contribution is 7.98. The van der Waals surface area contributed by atoms with Gasteiger partial charge in [-0.3, -0.25) is 9.59 Å². The van der Waals surface area contributed by atoms with Gasteiger partial charge in [0, 0.05) is 17.0 Å². The van der Waals surface area contributed by atoms with Crippen molar-refractivity contribution in [1.29, 1.82) is 5.26 Å². The average molecular weight is 366 g/mol. The number of nitrogens with zero attached hydrogens (tertiary/aromatic N) is 1. The number of amides is 1. The number of ketones is 1. The van der Waals surface area contributed by atoms with E-state index in [4.69, 9.17) is 0 Å². The number of anilines is 1. The molecule has 134 valence electrons. The summed E-state index contributed by atoms with van der Waals surface area (Å²) in [5, 5.41) is 12.0. The Morgan fingerprint density at radius 2 is 1.65 bits per heavy atom.